The van der Waals surface area contributed by atoms with Crippen LogP contribution >= 0.6 is 0 Å². The minimum absolute atomic E-state index is 0.132. The van der Waals surface area contributed by atoms with Crippen molar-refractivity contribution in [3.63, 3.8) is 0 Å². The topological polar surface area (TPSA) is 54.5 Å². The fourth-order valence-corrected chi connectivity index (χ4v) is 3.49. The molecule has 1 amide bonds. The first kappa shape index (κ1) is 20.0. The van der Waals surface area contributed by atoms with Gasteiger partial charge in [0, 0.05) is 49.1 Å². The molecule has 5 nitrogen and oxygen atoms in total. The number of aromatic nitrogens is 1. The zero-order chi connectivity index (χ0) is 20.9. The van der Waals surface area contributed by atoms with Crippen molar-refractivity contribution in [2.45, 2.75) is 26.6 Å². The molecule has 0 saturated heterocycles. The van der Waals surface area contributed by atoms with Gasteiger partial charge in [0.1, 0.15) is 12.4 Å². The molecule has 1 aliphatic heterocycles. The number of aryl methyl sites for hydroxylation is 1. The molecule has 0 unspecified atom stereocenters. The van der Waals surface area contributed by atoms with Crippen LogP contribution in [0.2, 0.25) is 0 Å². The highest BCUT2D eigenvalue weighted by Gasteiger charge is 2.19. The molecule has 3 aromatic rings. The van der Waals surface area contributed by atoms with Gasteiger partial charge in [0.2, 0.25) is 5.95 Å². The highest BCUT2D eigenvalue weighted by Crippen LogP contribution is 2.25. The van der Waals surface area contributed by atoms with E-state index in [1.807, 2.05) is 43.3 Å². The van der Waals surface area contributed by atoms with Crippen molar-refractivity contribution in [3.8, 4) is 5.75 Å². The second-order valence-corrected chi connectivity index (χ2v) is 7.50. The van der Waals surface area contributed by atoms with Gasteiger partial charge >= 0.3 is 0 Å². The first-order chi connectivity index (χ1) is 14.6. The number of carbonyl (C=O) groups excluding carboxylic acids is 1. The molecule has 30 heavy (non-hydrogen) atoms. The normalized spacial score (nSPS) is 13.8. The third-order valence-corrected chi connectivity index (χ3v) is 5.19. The molecule has 4 rings (SSSR count). The number of benzene rings is 2. The molecule has 0 fully saturated rings. The monoisotopic (exact) mass is 405 g/mol. The highest BCUT2D eigenvalue weighted by atomic mass is 19.1. The molecule has 0 saturated carbocycles. The third-order valence-electron chi connectivity index (χ3n) is 5.19. The van der Waals surface area contributed by atoms with Gasteiger partial charge in [-0.2, -0.15) is 4.39 Å². The highest BCUT2D eigenvalue weighted by molar-refractivity contribution is 5.94. The number of amides is 1. The average molecular weight is 405 g/mol. The molecule has 0 spiro atoms. The Bertz CT molecular complexity index is 1040. The van der Waals surface area contributed by atoms with E-state index in [0.717, 1.165) is 16.9 Å². The largest absolute Gasteiger partial charge is 0.492 e. The maximum Gasteiger partial charge on any atom is 0.251 e. The Morgan fingerprint density at radius 3 is 2.83 bits per heavy atom. The van der Waals surface area contributed by atoms with Crippen LogP contribution in [0.4, 0.5) is 4.39 Å². The Hall–Kier alpha value is -3.25. The summed E-state index contributed by atoms with van der Waals surface area (Å²) in [6.45, 7) is 4.69. The number of hydrogen-bond donors (Lipinski definition) is 1. The zero-order valence-electron chi connectivity index (χ0n) is 16.9. The third kappa shape index (κ3) is 4.83. The number of nitrogens with zero attached hydrogens (tertiary/aromatic N) is 2. The fraction of sp³-hybridized carbons (Fsp3) is 0.250. The standard InChI is InChI=1S/C24H24FN3O2/c1-17-4-6-18(7-5-17)14-27-24(29)19-8-9-22-21(13-19)16-28(11-12-30-22)15-20-3-2-10-26-23(20)25/h2-10,13H,11-12,14-16H2,1H3,(H,27,29). The average Bonchev–Trinajstić information content (AvgIpc) is 2.96. The van der Waals surface area contributed by atoms with Crippen molar-refractivity contribution in [2.75, 3.05) is 13.2 Å². The van der Waals surface area contributed by atoms with Crippen LogP contribution in [0.25, 0.3) is 0 Å². The predicted octanol–water partition coefficient (Wildman–Crippen LogP) is 3.85. The Balaban J connectivity index is 1.45. The second kappa shape index (κ2) is 9.05. The maximum absolute atomic E-state index is 13.9. The number of fused-ring (bicyclic) bond motifs is 1. The van der Waals surface area contributed by atoms with Crippen LogP contribution in [0.15, 0.2) is 60.8 Å². The van der Waals surface area contributed by atoms with Crippen molar-refractivity contribution < 1.29 is 13.9 Å². The summed E-state index contributed by atoms with van der Waals surface area (Å²) in [7, 11) is 0. The fourth-order valence-electron chi connectivity index (χ4n) is 3.49. The van der Waals surface area contributed by atoms with E-state index in [1.165, 1.54) is 11.8 Å². The van der Waals surface area contributed by atoms with Crippen LogP contribution in [-0.2, 0) is 19.6 Å². The van der Waals surface area contributed by atoms with Gasteiger partial charge in [-0.05, 0) is 36.8 Å². The minimum Gasteiger partial charge on any atom is -0.492 e. The number of rotatable bonds is 5. The first-order valence-corrected chi connectivity index (χ1v) is 10.00. The molecule has 6 heteroatoms. The van der Waals surface area contributed by atoms with Crippen LogP contribution in [-0.4, -0.2) is 28.9 Å². The predicted molar refractivity (Wildman–Crippen MR) is 113 cm³/mol. The summed E-state index contributed by atoms with van der Waals surface area (Å²) in [6.07, 6.45) is 1.45. The maximum atomic E-state index is 13.9. The summed E-state index contributed by atoms with van der Waals surface area (Å²) < 4.78 is 19.8. The smallest absolute Gasteiger partial charge is 0.251 e. The number of halogens is 1. The van der Waals surface area contributed by atoms with E-state index in [2.05, 4.69) is 15.2 Å². The van der Waals surface area contributed by atoms with Gasteiger partial charge in [-0.15, -0.1) is 0 Å². The quantitative estimate of drug-likeness (QED) is 0.655. The minimum atomic E-state index is -0.452. The van der Waals surface area contributed by atoms with Crippen molar-refractivity contribution in [1.82, 2.24) is 15.2 Å². The van der Waals surface area contributed by atoms with E-state index in [-0.39, 0.29) is 5.91 Å². The lowest BCUT2D eigenvalue weighted by Gasteiger charge is -2.19. The van der Waals surface area contributed by atoms with Crippen molar-refractivity contribution in [2.24, 2.45) is 0 Å². The van der Waals surface area contributed by atoms with Crippen molar-refractivity contribution in [3.05, 3.63) is 94.6 Å². The summed E-state index contributed by atoms with van der Waals surface area (Å²) in [5.41, 5.74) is 4.29. The van der Waals surface area contributed by atoms with E-state index in [9.17, 15) is 9.18 Å². The number of hydrogen-bond acceptors (Lipinski definition) is 4. The van der Waals surface area contributed by atoms with Gasteiger partial charge in [-0.1, -0.05) is 35.9 Å². The molecule has 1 aromatic heterocycles. The van der Waals surface area contributed by atoms with E-state index in [1.54, 1.807) is 18.2 Å². The lowest BCUT2D eigenvalue weighted by Crippen LogP contribution is -2.26. The number of ether oxygens (including phenoxy) is 1. The molecule has 2 heterocycles. The van der Waals surface area contributed by atoms with E-state index < -0.39 is 5.95 Å². The SMILES string of the molecule is Cc1ccc(CNC(=O)c2ccc3c(c2)CN(Cc2cccnc2F)CCO3)cc1. The van der Waals surface area contributed by atoms with Crippen LogP contribution in [0.1, 0.15) is 32.6 Å². The summed E-state index contributed by atoms with van der Waals surface area (Å²) in [5.74, 6) is 0.179. The van der Waals surface area contributed by atoms with E-state index >= 15 is 0 Å². The molecule has 154 valence electrons. The molecular weight excluding hydrogens is 381 g/mol. The van der Waals surface area contributed by atoms with Crippen LogP contribution in [0, 0.1) is 12.9 Å². The number of pyridine rings is 1. The second-order valence-electron chi connectivity index (χ2n) is 7.50. The molecule has 1 aliphatic rings. The summed E-state index contributed by atoms with van der Waals surface area (Å²) >= 11 is 0. The van der Waals surface area contributed by atoms with Gasteiger partial charge in [0.05, 0.1) is 0 Å². The molecule has 1 N–H and O–H groups in total. The number of nitrogens with one attached hydrogen (secondary N) is 1. The molecule has 0 atom stereocenters. The molecule has 0 radical (unpaired) electrons. The Morgan fingerprint density at radius 2 is 2.03 bits per heavy atom. The summed E-state index contributed by atoms with van der Waals surface area (Å²) in [4.78, 5) is 18.5. The first-order valence-electron chi connectivity index (χ1n) is 10.00. The van der Waals surface area contributed by atoms with Gasteiger partial charge in [0.25, 0.3) is 5.91 Å². The van der Waals surface area contributed by atoms with E-state index in [0.29, 0.717) is 43.9 Å². The Labute approximate surface area is 175 Å². The summed E-state index contributed by atoms with van der Waals surface area (Å²) in [6, 6.07) is 17.0. The van der Waals surface area contributed by atoms with Gasteiger partial charge in [-0.25, -0.2) is 4.98 Å². The number of carbonyl (C=O) groups is 1. The molecule has 0 aliphatic carbocycles. The van der Waals surface area contributed by atoms with Gasteiger partial charge in [0.15, 0.2) is 0 Å². The van der Waals surface area contributed by atoms with Crippen LogP contribution in [0.3, 0.4) is 0 Å². The molecule has 0 bridgehead atoms. The molecule has 2 aromatic carbocycles. The van der Waals surface area contributed by atoms with Gasteiger partial charge < -0.3 is 10.1 Å². The lowest BCUT2D eigenvalue weighted by molar-refractivity contribution is 0.0950. The Morgan fingerprint density at radius 1 is 1.20 bits per heavy atom. The zero-order valence-corrected chi connectivity index (χ0v) is 16.9. The van der Waals surface area contributed by atoms with E-state index in [4.69, 9.17) is 4.74 Å². The van der Waals surface area contributed by atoms with Crippen molar-refractivity contribution in [1.29, 1.82) is 0 Å². The summed E-state index contributed by atoms with van der Waals surface area (Å²) in [5, 5.41) is 2.96. The van der Waals surface area contributed by atoms with Crippen molar-refractivity contribution >= 4 is 5.91 Å². The lowest BCUT2D eigenvalue weighted by atomic mass is 10.1. The Kier molecular flexibility index (Phi) is 6.05. The van der Waals surface area contributed by atoms with Crippen LogP contribution < -0.4 is 10.1 Å². The van der Waals surface area contributed by atoms with Gasteiger partial charge in [-0.3, -0.25) is 9.69 Å². The van der Waals surface area contributed by atoms with Crippen LogP contribution in [0.5, 0.6) is 5.75 Å². The molecular formula is C24H24FN3O2.